The number of carbonyl (C=O) groups excluding carboxylic acids is 1. The first-order chi connectivity index (χ1) is 10.5. The second kappa shape index (κ2) is 5.91. The molecular weight excluding hydrogens is 304 g/mol. The number of carbonyl (C=O) groups is 1. The maximum Gasteiger partial charge on any atom is 0.254 e. The maximum atomic E-state index is 12.0. The Morgan fingerprint density at radius 1 is 1.55 bits per heavy atom. The minimum atomic E-state index is -1.37. The monoisotopic (exact) mass is 322 g/mol. The van der Waals surface area contributed by atoms with Gasteiger partial charge in [0.25, 0.3) is 5.91 Å². The number of ether oxygens (including phenoxy) is 1. The molecule has 0 unspecified atom stereocenters. The zero-order valence-electron chi connectivity index (χ0n) is 12.4. The van der Waals surface area contributed by atoms with E-state index in [4.69, 9.17) is 16.3 Å². The number of hydrogen-bond acceptors (Lipinski definition) is 3. The van der Waals surface area contributed by atoms with Gasteiger partial charge in [0.15, 0.2) is 5.60 Å². The van der Waals surface area contributed by atoms with Crippen molar-refractivity contribution in [3.05, 3.63) is 35.0 Å². The van der Waals surface area contributed by atoms with E-state index >= 15 is 0 Å². The number of amides is 1. The first-order valence-corrected chi connectivity index (χ1v) is 7.69. The summed E-state index contributed by atoms with van der Waals surface area (Å²) < 4.78 is 7.12. The fourth-order valence-electron chi connectivity index (χ4n) is 2.85. The highest BCUT2D eigenvalue weighted by atomic mass is 35.5. The van der Waals surface area contributed by atoms with E-state index in [2.05, 4.69) is 5.32 Å². The van der Waals surface area contributed by atoms with Gasteiger partial charge in [0.05, 0.1) is 13.2 Å². The minimum absolute atomic E-state index is 0.0750. The molecule has 2 N–H and O–H groups in total. The number of nitrogens with zero attached hydrogens (tertiary/aromatic N) is 1. The number of rotatable bonds is 4. The SMILES string of the molecule is Cn1cc(CCNC(=O)[C@]2(O)CCOC2)c2ccc(Cl)cc21. The van der Waals surface area contributed by atoms with Gasteiger partial charge in [0, 0.05) is 42.1 Å². The fraction of sp³-hybridized carbons (Fsp3) is 0.438. The van der Waals surface area contributed by atoms with Gasteiger partial charge in [-0.05, 0) is 24.1 Å². The number of halogens is 1. The molecule has 1 atom stereocenters. The highest BCUT2D eigenvalue weighted by molar-refractivity contribution is 6.31. The molecule has 1 fully saturated rings. The third-order valence-corrected chi connectivity index (χ3v) is 4.37. The molecule has 1 aromatic heterocycles. The van der Waals surface area contributed by atoms with Crippen LogP contribution in [0.1, 0.15) is 12.0 Å². The normalized spacial score (nSPS) is 21.4. The van der Waals surface area contributed by atoms with Crippen LogP contribution in [-0.4, -0.2) is 40.9 Å². The predicted octanol–water partition coefficient (Wildman–Crippen LogP) is 1.64. The Morgan fingerprint density at radius 3 is 3.09 bits per heavy atom. The summed E-state index contributed by atoms with van der Waals surface area (Å²) >= 11 is 6.02. The Hall–Kier alpha value is -1.56. The van der Waals surface area contributed by atoms with Crippen LogP contribution < -0.4 is 5.32 Å². The van der Waals surface area contributed by atoms with Gasteiger partial charge in [0.1, 0.15) is 0 Å². The van der Waals surface area contributed by atoms with Crippen molar-refractivity contribution in [2.45, 2.75) is 18.4 Å². The average molecular weight is 323 g/mol. The lowest BCUT2D eigenvalue weighted by atomic mass is 10.0. The summed E-state index contributed by atoms with van der Waals surface area (Å²) in [6.07, 6.45) is 3.09. The molecule has 6 heteroatoms. The molecule has 118 valence electrons. The highest BCUT2D eigenvalue weighted by Crippen LogP contribution is 2.24. The number of aryl methyl sites for hydroxylation is 1. The Kier molecular flexibility index (Phi) is 4.12. The van der Waals surface area contributed by atoms with Crippen molar-refractivity contribution in [2.24, 2.45) is 7.05 Å². The first kappa shape index (κ1) is 15.3. The summed E-state index contributed by atoms with van der Waals surface area (Å²) in [5.41, 5.74) is 0.840. The van der Waals surface area contributed by atoms with Gasteiger partial charge in [0.2, 0.25) is 0 Å². The lowest BCUT2D eigenvalue weighted by molar-refractivity contribution is -0.139. The van der Waals surface area contributed by atoms with Crippen LogP contribution in [0, 0.1) is 0 Å². The van der Waals surface area contributed by atoms with E-state index in [9.17, 15) is 9.90 Å². The first-order valence-electron chi connectivity index (χ1n) is 7.31. The summed E-state index contributed by atoms with van der Waals surface area (Å²) in [5, 5.41) is 14.7. The molecule has 0 radical (unpaired) electrons. The number of fused-ring (bicyclic) bond motifs is 1. The molecule has 0 saturated carbocycles. The van der Waals surface area contributed by atoms with E-state index < -0.39 is 5.60 Å². The third kappa shape index (κ3) is 2.84. The summed E-state index contributed by atoms with van der Waals surface area (Å²) in [7, 11) is 1.97. The molecule has 2 aromatic rings. The molecular formula is C16H19ClN2O3. The minimum Gasteiger partial charge on any atom is -0.378 e. The quantitative estimate of drug-likeness (QED) is 0.899. The van der Waals surface area contributed by atoms with Gasteiger partial charge in [-0.1, -0.05) is 17.7 Å². The number of aromatic nitrogens is 1. The van der Waals surface area contributed by atoms with Crippen molar-refractivity contribution in [2.75, 3.05) is 19.8 Å². The van der Waals surface area contributed by atoms with Gasteiger partial charge in [-0.2, -0.15) is 0 Å². The third-order valence-electron chi connectivity index (χ3n) is 4.14. The van der Waals surface area contributed by atoms with Crippen molar-refractivity contribution >= 4 is 28.4 Å². The van der Waals surface area contributed by atoms with Gasteiger partial charge in [-0.3, -0.25) is 4.79 Å². The molecule has 1 aliphatic heterocycles. The van der Waals surface area contributed by atoms with Crippen LogP contribution in [0.25, 0.3) is 10.9 Å². The molecule has 5 nitrogen and oxygen atoms in total. The van der Waals surface area contributed by atoms with Crippen molar-refractivity contribution in [3.8, 4) is 0 Å². The lowest BCUT2D eigenvalue weighted by Gasteiger charge is -2.19. The highest BCUT2D eigenvalue weighted by Gasteiger charge is 2.39. The van der Waals surface area contributed by atoms with E-state index in [0.29, 0.717) is 31.0 Å². The van der Waals surface area contributed by atoms with Crippen LogP contribution in [0.4, 0.5) is 0 Å². The van der Waals surface area contributed by atoms with E-state index in [1.807, 2.05) is 36.0 Å². The molecule has 0 spiro atoms. The molecule has 0 bridgehead atoms. The predicted molar refractivity (Wildman–Crippen MR) is 85.0 cm³/mol. The van der Waals surface area contributed by atoms with Crippen molar-refractivity contribution in [3.63, 3.8) is 0 Å². The summed E-state index contributed by atoms with van der Waals surface area (Å²) in [6, 6.07) is 5.79. The van der Waals surface area contributed by atoms with E-state index in [1.165, 1.54) is 0 Å². The summed E-state index contributed by atoms with van der Waals surface area (Å²) in [6.45, 7) is 0.975. The summed E-state index contributed by atoms with van der Waals surface area (Å²) in [4.78, 5) is 12.0. The molecule has 1 amide bonds. The molecule has 1 aromatic carbocycles. The van der Waals surface area contributed by atoms with Crippen LogP contribution >= 0.6 is 11.6 Å². The van der Waals surface area contributed by atoms with Crippen LogP contribution in [0.3, 0.4) is 0 Å². The molecule has 0 aliphatic carbocycles. The van der Waals surface area contributed by atoms with Gasteiger partial charge >= 0.3 is 0 Å². The van der Waals surface area contributed by atoms with Gasteiger partial charge in [-0.25, -0.2) is 0 Å². The fourth-order valence-corrected chi connectivity index (χ4v) is 3.02. The smallest absolute Gasteiger partial charge is 0.254 e. The maximum absolute atomic E-state index is 12.0. The largest absolute Gasteiger partial charge is 0.378 e. The number of benzene rings is 1. The standard InChI is InChI=1S/C16H19ClN2O3/c1-19-9-11(13-3-2-12(17)8-14(13)19)4-6-18-15(20)16(21)5-7-22-10-16/h2-3,8-9,21H,4-7,10H2,1H3,(H,18,20)/t16-/m0/s1. The second-order valence-electron chi connectivity index (χ2n) is 5.77. The number of nitrogens with one attached hydrogen (secondary N) is 1. The zero-order valence-corrected chi connectivity index (χ0v) is 13.2. The Bertz CT molecular complexity index is 705. The molecule has 1 saturated heterocycles. The van der Waals surface area contributed by atoms with Gasteiger partial charge in [-0.15, -0.1) is 0 Å². The van der Waals surface area contributed by atoms with Crippen LogP contribution in [0.15, 0.2) is 24.4 Å². The van der Waals surface area contributed by atoms with E-state index in [-0.39, 0.29) is 12.5 Å². The molecule has 2 heterocycles. The Morgan fingerprint density at radius 2 is 2.36 bits per heavy atom. The average Bonchev–Trinajstić information content (AvgIpc) is 3.05. The van der Waals surface area contributed by atoms with Crippen molar-refractivity contribution in [1.29, 1.82) is 0 Å². The van der Waals surface area contributed by atoms with E-state index in [1.54, 1.807) is 0 Å². The van der Waals surface area contributed by atoms with Crippen molar-refractivity contribution < 1.29 is 14.6 Å². The topological polar surface area (TPSA) is 63.5 Å². The number of hydrogen-bond donors (Lipinski definition) is 2. The number of aliphatic hydroxyl groups is 1. The lowest BCUT2D eigenvalue weighted by Crippen LogP contribution is -2.47. The Balaban J connectivity index is 1.66. The van der Waals surface area contributed by atoms with Crippen LogP contribution in [0.2, 0.25) is 5.02 Å². The molecule has 22 heavy (non-hydrogen) atoms. The summed E-state index contributed by atoms with van der Waals surface area (Å²) in [5.74, 6) is -0.353. The van der Waals surface area contributed by atoms with E-state index in [0.717, 1.165) is 16.5 Å². The van der Waals surface area contributed by atoms with Crippen LogP contribution in [0.5, 0.6) is 0 Å². The molecule has 1 aliphatic rings. The van der Waals surface area contributed by atoms with Crippen molar-refractivity contribution in [1.82, 2.24) is 9.88 Å². The van der Waals surface area contributed by atoms with Crippen LogP contribution in [-0.2, 0) is 23.0 Å². The zero-order chi connectivity index (χ0) is 15.7. The van der Waals surface area contributed by atoms with Gasteiger partial charge < -0.3 is 19.7 Å². The second-order valence-corrected chi connectivity index (χ2v) is 6.20. The molecule has 3 rings (SSSR count). The Labute approximate surface area is 133 Å².